The molecule has 0 unspecified atom stereocenters. The van der Waals surface area contributed by atoms with Crippen LogP contribution >= 0.6 is 11.8 Å². The Morgan fingerprint density at radius 2 is 1.91 bits per heavy atom. The monoisotopic (exact) mass is 444 g/mol. The second-order valence-electron chi connectivity index (χ2n) is 7.10. The van der Waals surface area contributed by atoms with Crippen molar-refractivity contribution in [3.63, 3.8) is 0 Å². The number of benzene rings is 2. The van der Waals surface area contributed by atoms with Crippen molar-refractivity contribution in [3.05, 3.63) is 67.0 Å². The number of nitrogens with zero attached hydrogens (tertiary/aromatic N) is 5. The number of carbonyl (C=O) groups is 1. The van der Waals surface area contributed by atoms with Gasteiger partial charge in [0.15, 0.2) is 22.3 Å². The van der Waals surface area contributed by atoms with Crippen LogP contribution in [0.4, 0.5) is 5.69 Å². The van der Waals surface area contributed by atoms with Gasteiger partial charge in [0, 0.05) is 29.7 Å². The van der Waals surface area contributed by atoms with E-state index in [2.05, 4.69) is 20.6 Å². The summed E-state index contributed by atoms with van der Waals surface area (Å²) in [5, 5.41) is 16.7. The van der Waals surface area contributed by atoms with Gasteiger partial charge in [-0.2, -0.15) is 5.10 Å². The molecule has 0 atom stereocenters. The molecule has 0 spiro atoms. The Bertz CT molecular complexity index is 1460. The highest BCUT2D eigenvalue weighted by atomic mass is 32.2. The van der Waals surface area contributed by atoms with Gasteiger partial charge in [-0.3, -0.25) is 9.20 Å². The Morgan fingerprint density at radius 3 is 2.81 bits per heavy atom. The van der Waals surface area contributed by atoms with E-state index in [0.29, 0.717) is 28.0 Å². The van der Waals surface area contributed by atoms with Crippen LogP contribution in [0.25, 0.3) is 22.4 Å². The molecule has 10 heteroatoms. The second kappa shape index (κ2) is 7.57. The summed E-state index contributed by atoms with van der Waals surface area (Å²) in [5.74, 6) is 1.34. The molecule has 3 aromatic heterocycles. The van der Waals surface area contributed by atoms with E-state index in [1.54, 1.807) is 22.7 Å². The highest BCUT2D eigenvalue weighted by Crippen LogP contribution is 2.34. The molecule has 0 saturated heterocycles. The predicted molar refractivity (Wildman–Crippen MR) is 119 cm³/mol. The maximum atomic E-state index is 12.4. The summed E-state index contributed by atoms with van der Waals surface area (Å²) in [6, 6.07) is 17.3. The number of hydrogen-bond acceptors (Lipinski definition) is 7. The molecule has 4 heterocycles. The van der Waals surface area contributed by atoms with E-state index in [1.807, 2.05) is 53.2 Å². The Labute approximate surface area is 186 Å². The number of anilines is 1. The SMILES string of the molecule is O=C(CSc1nnc2c3cc(-c4ccccc4)nn3ccn12)Nc1ccc2c(c1)OCO2. The molecule has 5 aromatic rings. The first-order valence-electron chi connectivity index (χ1n) is 9.85. The number of amides is 1. The molecule has 158 valence electrons. The van der Waals surface area contributed by atoms with Crippen LogP contribution in [0.1, 0.15) is 0 Å². The second-order valence-corrected chi connectivity index (χ2v) is 8.05. The van der Waals surface area contributed by atoms with Crippen molar-refractivity contribution in [1.82, 2.24) is 24.2 Å². The number of rotatable bonds is 5. The molecule has 2 aromatic carbocycles. The van der Waals surface area contributed by atoms with E-state index in [4.69, 9.17) is 9.47 Å². The number of hydrogen-bond donors (Lipinski definition) is 1. The molecule has 0 fully saturated rings. The third kappa shape index (κ3) is 3.30. The van der Waals surface area contributed by atoms with Gasteiger partial charge in [0.2, 0.25) is 12.7 Å². The van der Waals surface area contributed by atoms with E-state index >= 15 is 0 Å². The first kappa shape index (κ1) is 18.7. The summed E-state index contributed by atoms with van der Waals surface area (Å²) in [6.07, 6.45) is 3.71. The van der Waals surface area contributed by atoms with Gasteiger partial charge in [-0.25, -0.2) is 4.52 Å². The number of nitrogens with one attached hydrogen (secondary N) is 1. The number of aromatic nitrogens is 5. The normalized spacial score (nSPS) is 12.5. The summed E-state index contributed by atoms with van der Waals surface area (Å²) in [6.45, 7) is 0.194. The molecule has 0 radical (unpaired) electrons. The molecule has 6 rings (SSSR count). The third-order valence-corrected chi connectivity index (χ3v) is 5.99. The van der Waals surface area contributed by atoms with E-state index in [-0.39, 0.29) is 18.5 Å². The van der Waals surface area contributed by atoms with Crippen LogP contribution in [0.2, 0.25) is 0 Å². The molecule has 1 aliphatic rings. The molecular formula is C22H16N6O3S. The summed E-state index contributed by atoms with van der Waals surface area (Å²) >= 11 is 1.31. The lowest BCUT2D eigenvalue weighted by molar-refractivity contribution is -0.113. The van der Waals surface area contributed by atoms with Gasteiger partial charge < -0.3 is 14.8 Å². The minimum Gasteiger partial charge on any atom is -0.454 e. The van der Waals surface area contributed by atoms with Crippen LogP contribution in [0.3, 0.4) is 0 Å². The minimum atomic E-state index is -0.151. The summed E-state index contributed by atoms with van der Waals surface area (Å²) in [4.78, 5) is 12.4. The molecule has 1 N–H and O–H groups in total. The molecular weight excluding hydrogens is 428 g/mol. The van der Waals surface area contributed by atoms with Gasteiger partial charge >= 0.3 is 0 Å². The predicted octanol–water partition coefficient (Wildman–Crippen LogP) is 3.50. The highest BCUT2D eigenvalue weighted by molar-refractivity contribution is 7.99. The molecule has 0 saturated carbocycles. The molecule has 0 aliphatic carbocycles. The van der Waals surface area contributed by atoms with Crippen molar-refractivity contribution in [2.45, 2.75) is 5.16 Å². The highest BCUT2D eigenvalue weighted by Gasteiger charge is 2.16. The van der Waals surface area contributed by atoms with Crippen LogP contribution in [0.15, 0.2) is 72.1 Å². The van der Waals surface area contributed by atoms with Gasteiger partial charge in [0.05, 0.1) is 11.4 Å². The van der Waals surface area contributed by atoms with E-state index in [1.165, 1.54) is 11.8 Å². The molecule has 32 heavy (non-hydrogen) atoms. The lowest BCUT2D eigenvalue weighted by Crippen LogP contribution is -2.14. The maximum absolute atomic E-state index is 12.4. The first-order valence-corrected chi connectivity index (χ1v) is 10.8. The van der Waals surface area contributed by atoms with Crippen molar-refractivity contribution in [1.29, 1.82) is 0 Å². The topological polar surface area (TPSA) is 95.1 Å². The van der Waals surface area contributed by atoms with Crippen LogP contribution in [-0.4, -0.2) is 42.7 Å². The zero-order valence-corrected chi connectivity index (χ0v) is 17.5. The fraction of sp³-hybridized carbons (Fsp3) is 0.0909. The first-order chi connectivity index (χ1) is 15.7. The van der Waals surface area contributed by atoms with Crippen molar-refractivity contribution in [2.24, 2.45) is 0 Å². The smallest absolute Gasteiger partial charge is 0.234 e. The zero-order chi connectivity index (χ0) is 21.5. The fourth-order valence-electron chi connectivity index (χ4n) is 3.54. The minimum absolute atomic E-state index is 0.151. The fourth-order valence-corrected chi connectivity index (χ4v) is 4.26. The standard InChI is InChI=1S/C22H16N6O3S/c29-20(23-15-6-7-18-19(10-15)31-13-30-18)12-32-22-25-24-21-17-11-16(14-4-2-1-3-5-14)26-28(17)9-8-27(21)22/h1-11H,12-13H2,(H,23,29). The zero-order valence-electron chi connectivity index (χ0n) is 16.6. The van der Waals surface area contributed by atoms with Gasteiger partial charge in [-0.15, -0.1) is 10.2 Å². The van der Waals surface area contributed by atoms with Crippen molar-refractivity contribution in [3.8, 4) is 22.8 Å². The maximum Gasteiger partial charge on any atom is 0.234 e. The summed E-state index contributed by atoms with van der Waals surface area (Å²) < 4.78 is 14.3. The largest absolute Gasteiger partial charge is 0.454 e. The summed E-state index contributed by atoms with van der Waals surface area (Å²) in [7, 11) is 0. The van der Waals surface area contributed by atoms with Crippen molar-refractivity contribution >= 4 is 34.5 Å². The lowest BCUT2D eigenvalue weighted by Gasteiger charge is -2.05. The number of fused-ring (bicyclic) bond motifs is 4. The Kier molecular flexibility index (Phi) is 4.43. The van der Waals surface area contributed by atoms with Gasteiger partial charge in [0.25, 0.3) is 0 Å². The Hall–Kier alpha value is -4.05. The van der Waals surface area contributed by atoms with E-state index in [0.717, 1.165) is 16.8 Å². The number of thioether (sulfide) groups is 1. The average molecular weight is 444 g/mol. The van der Waals surface area contributed by atoms with Gasteiger partial charge in [-0.1, -0.05) is 42.1 Å². The van der Waals surface area contributed by atoms with Crippen molar-refractivity contribution < 1.29 is 14.3 Å². The molecule has 0 bridgehead atoms. The Morgan fingerprint density at radius 1 is 1.03 bits per heavy atom. The van der Waals surface area contributed by atoms with E-state index < -0.39 is 0 Å². The average Bonchev–Trinajstić information content (AvgIpc) is 3.55. The Balaban J connectivity index is 1.20. The summed E-state index contributed by atoms with van der Waals surface area (Å²) in [5.41, 5.74) is 4.07. The van der Waals surface area contributed by atoms with Gasteiger partial charge in [-0.05, 0) is 18.2 Å². The van der Waals surface area contributed by atoms with Crippen LogP contribution in [-0.2, 0) is 4.79 Å². The lowest BCUT2D eigenvalue weighted by atomic mass is 10.1. The molecule has 9 nitrogen and oxygen atoms in total. The number of carbonyl (C=O) groups excluding carboxylic acids is 1. The van der Waals surface area contributed by atoms with Gasteiger partial charge in [0.1, 0.15) is 5.52 Å². The number of ether oxygens (including phenoxy) is 2. The van der Waals surface area contributed by atoms with Crippen LogP contribution < -0.4 is 14.8 Å². The van der Waals surface area contributed by atoms with E-state index in [9.17, 15) is 4.79 Å². The quantitative estimate of drug-likeness (QED) is 0.415. The molecule has 1 aliphatic heterocycles. The van der Waals surface area contributed by atoms with Crippen LogP contribution in [0, 0.1) is 0 Å². The third-order valence-electron chi connectivity index (χ3n) is 5.04. The van der Waals surface area contributed by atoms with Crippen LogP contribution in [0.5, 0.6) is 11.5 Å². The molecule has 1 amide bonds. The van der Waals surface area contributed by atoms with Crippen molar-refractivity contribution in [2.75, 3.05) is 17.9 Å².